The maximum atomic E-state index is 11.7. The molecule has 2 aromatic rings. The van der Waals surface area contributed by atoms with Crippen molar-refractivity contribution in [3.8, 4) is 0 Å². The molecule has 0 radical (unpaired) electrons. The lowest BCUT2D eigenvalue weighted by Crippen LogP contribution is -2.19. The number of hydrogen-bond acceptors (Lipinski definition) is 5. The van der Waals surface area contributed by atoms with Crippen molar-refractivity contribution >= 4 is 52.3 Å². The first-order valence-electron chi connectivity index (χ1n) is 6.23. The number of carbonyl (C=O) groups excluding carboxylic acids is 2. The number of amides is 2. The smallest absolute Gasteiger partial charge is 0.302 e. The van der Waals surface area contributed by atoms with E-state index in [2.05, 4.69) is 15.6 Å². The van der Waals surface area contributed by atoms with Crippen LogP contribution in [0.1, 0.15) is 13.3 Å². The summed E-state index contributed by atoms with van der Waals surface area (Å²) in [6, 6.07) is 5.21. The Labute approximate surface area is 130 Å². The number of anilines is 1. The Morgan fingerprint density at radius 3 is 3.00 bits per heavy atom. The van der Waals surface area contributed by atoms with Crippen molar-refractivity contribution in [1.29, 1.82) is 0 Å². The highest BCUT2D eigenvalue weighted by Crippen LogP contribution is 2.22. The molecule has 0 aliphatic carbocycles. The Morgan fingerprint density at radius 2 is 2.24 bits per heavy atom. The number of oxazole rings is 1. The van der Waals surface area contributed by atoms with Crippen molar-refractivity contribution in [2.75, 3.05) is 16.9 Å². The zero-order valence-corrected chi connectivity index (χ0v) is 12.9. The number of nitrogens with zero attached hydrogens (tertiary/aromatic N) is 1. The Kier molecular flexibility index (Phi) is 5.46. The zero-order chi connectivity index (χ0) is 15.2. The molecule has 1 heterocycles. The fourth-order valence-electron chi connectivity index (χ4n) is 1.53. The van der Waals surface area contributed by atoms with Crippen LogP contribution in [0, 0.1) is 0 Å². The lowest BCUT2D eigenvalue weighted by molar-refractivity contribution is -0.118. The molecule has 0 atom stereocenters. The number of rotatable bonds is 6. The lowest BCUT2D eigenvalue weighted by atomic mass is 10.3. The molecule has 8 heteroatoms. The highest BCUT2D eigenvalue weighted by molar-refractivity contribution is 7.99. The third kappa shape index (κ3) is 4.95. The number of aromatic nitrogens is 1. The fraction of sp³-hybridized carbons (Fsp3) is 0.308. The van der Waals surface area contributed by atoms with Gasteiger partial charge in [-0.1, -0.05) is 11.6 Å². The molecular formula is C13H14ClN3O3S. The summed E-state index contributed by atoms with van der Waals surface area (Å²) >= 11 is 7.32. The van der Waals surface area contributed by atoms with Crippen molar-refractivity contribution in [1.82, 2.24) is 10.3 Å². The second-order valence-corrected chi connectivity index (χ2v) is 5.76. The Hall–Kier alpha value is -1.73. The van der Waals surface area contributed by atoms with E-state index in [0.29, 0.717) is 34.2 Å². The minimum Gasteiger partial charge on any atom is -0.423 e. The summed E-state index contributed by atoms with van der Waals surface area (Å²) in [4.78, 5) is 26.5. The van der Waals surface area contributed by atoms with Crippen LogP contribution in [0.3, 0.4) is 0 Å². The molecule has 0 aliphatic heterocycles. The third-order valence-corrected chi connectivity index (χ3v) is 3.57. The standard InChI is InChI=1S/C13H14ClN3O3S/c1-8(18)15-7-21-5-4-12(19)17-13-16-10-6-9(14)2-3-11(10)20-13/h2-3,6H,4-5,7H2,1H3,(H,15,18)(H,16,17,19). The second-order valence-electron chi connectivity index (χ2n) is 4.21. The Morgan fingerprint density at radius 1 is 1.43 bits per heavy atom. The molecule has 0 fully saturated rings. The third-order valence-electron chi connectivity index (χ3n) is 2.49. The summed E-state index contributed by atoms with van der Waals surface area (Å²) in [6.45, 7) is 1.45. The van der Waals surface area contributed by atoms with Gasteiger partial charge in [0, 0.05) is 24.1 Å². The van der Waals surface area contributed by atoms with Gasteiger partial charge in [-0.2, -0.15) is 4.98 Å². The van der Waals surface area contributed by atoms with Crippen LogP contribution >= 0.6 is 23.4 Å². The first-order chi connectivity index (χ1) is 10.0. The van der Waals surface area contributed by atoms with E-state index in [4.69, 9.17) is 16.0 Å². The minimum atomic E-state index is -0.192. The van der Waals surface area contributed by atoms with Crippen LogP contribution in [-0.2, 0) is 9.59 Å². The van der Waals surface area contributed by atoms with Crippen LogP contribution in [0.5, 0.6) is 0 Å². The summed E-state index contributed by atoms with van der Waals surface area (Å²) in [7, 11) is 0. The molecule has 0 unspecified atom stereocenters. The summed E-state index contributed by atoms with van der Waals surface area (Å²) in [5.41, 5.74) is 1.16. The average molecular weight is 328 g/mol. The first kappa shape index (κ1) is 15.7. The molecule has 0 saturated carbocycles. The van der Waals surface area contributed by atoms with Gasteiger partial charge in [0.05, 0.1) is 5.88 Å². The minimum absolute atomic E-state index is 0.0860. The highest BCUT2D eigenvalue weighted by atomic mass is 35.5. The maximum Gasteiger partial charge on any atom is 0.302 e. The molecular weight excluding hydrogens is 314 g/mol. The van der Waals surface area contributed by atoms with Gasteiger partial charge in [-0.25, -0.2) is 0 Å². The number of fused-ring (bicyclic) bond motifs is 1. The van der Waals surface area contributed by atoms with Crippen molar-refractivity contribution in [3.05, 3.63) is 23.2 Å². The predicted octanol–water partition coefficient (Wildman–Crippen LogP) is 2.64. The van der Waals surface area contributed by atoms with Crippen molar-refractivity contribution in [3.63, 3.8) is 0 Å². The van der Waals surface area contributed by atoms with E-state index in [0.717, 1.165) is 0 Å². The van der Waals surface area contributed by atoms with Crippen molar-refractivity contribution < 1.29 is 14.0 Å². The van der Waals surface area contributed by atoms with Crippen LogP contribution in [0.25, 0.3) is 11.1 Å². The molecule has 6 nitrogen and oxygen atoms in total. The number of benzene rings is 1. The van der Waals surface area contributed by atoms with Crippen LogP contribution in [0.2, 0.25) is 5.02 Å². The molecule has 1 aromatic carbocycles. The average Bonchev–Trinajstić information content (AvgIpc) is 2.79. The fourth-order valence-corrected chi connectivity index (χ4v) is 2.47. The number of carbonyl (C=O) groups is 2. The molecule has 0 saturated heterocycles. The van der Waals surface area contributed by atoms with E-state index >= 15 is 0 Å². The Balaban J connectivity index is 1.80. The number of nitrogens with one attached hydrogen (secondary N) is 2. The van der Waals surface area contributed by atoms with E-state index in [1.54, 1.807) is 18.2 Å². The van der Waals surface area contributed by atoms with E-state index in [-0.39, 0.29) is 17.8 Å². The van der Waals surface area contributed by atoms with Crippen LogP contribution in [-0.4, -0.2) is 28.4 Å². The van der Waals surface area contributed by atoms with Gasteiger partial charge in [-0.15, -0.1) is 11.8 Å². The quantitative estimate of drug-likeness (QED) is 0.629. The molecule has 0 spiro atoms. The van der Waals surface area contributed by atoms with E-state index < -0.39 is 0 Å². The van der Waals surface area contributed by atoms with Crippen molar-refractivity contribution in [2.24, 2.45) is 0 Å². The van der Waals surface area contributed by atoms with E-state index in [1.807, 2.05) is 0 Å². The predicted molar refractivity (Wildman–Crippen MR) is 83.4 cm³/mol. The van der Waals surface area contributed by atoms with Crippen molar-refractivity contribution in [2.45, 2.75) is 13.3 Å². The molecule has 0 bridgehead atoms. The van der Waals surface area contributed by atoms with Crippen LogP contribution in [0.4, 0.5) is 6.01 Å². The van der Waals surface area contributed by atoms with E-state index in [9.17, 15) is 9.59 Å². The largest absolute Gasteiger partial charge is 0.423 e. The molecule has 21 heavy (non-hydrogen) atoms. The molecule has 112 valence electrons. The zero-order valence-electron chi connectivity index (χ0n) is 11.3. The highest BCUT2D eigenvalue weighted by Gasteiger charge is 2.09. The van der Waals surface area contributed by atoms with Gasteiger partial charge < -0.3 is 9.73 Å². The second kappa shape index (κ2) is 7.33. The van der Waals surface area contributed by atoms with Gasteiger partial charge in [-0.3, -0.25) is 14.9 Å². The molecule has 2 amide bonds. The first-order valence-corrected chi connectivity index (χ1v) is 7.76. The monoisotopic (exact) mass is 327 g/mol. The summed E-state index contributed by atoms with van der Waals surface area (Å²) in [5.74, 6) is 0.808. The van der Waals surface area contributed by atoms with Gasteiger partial charge in [0.2, 0.25) is 11.8 Å². The lowest BCUT2D eigenvalue weighted by Gasteiger charge is -2.02. The van der Waals surface area contributed by atoms with Gasteiger partial charge in [0.25, 0.3) is 0 Å². The van der Waals surface area contributed by atoms with Crippen LogP contribution in [0.15, 0.2) is 22.6 Å². The van der Waals surface area contributed by atoms with Gasteiger partial charge >= 0.3 is 6.01 Å². The normalized spacial score (nSPS) is 10.6. The molecule has 2 N–H and O–H groups in total. The molecule has 0 aliphatic rings. The Bertz CT molecular complexity index is 659. The SMILES string of the molecule is CC(=O)NCSCCC(=O)Nc1nc2cc(Cl)ccc2o1. The topological polar surface area (TPSA) is 84.2 Å². The molecule has 2 rings (SSSR count). The maximum absolute atomic E-state index is 11.7. The van der Waals surface area contributed by atoms with E-state index in [1.165, 1.54) is 18.7 Å². The van der Waals surface area contributed by atoms with Gasteiger partial charge in [0.1, 0.15) is 5.52 Å². The molecule has 1 aromatic heterocycles. The van der Waals surface area contributed by atoms with Crippen LogP contribution < -0.4 is 10.6 Å². The number of thioether (sulfide) groups is 1. The number of halogens is 1. The number of hydrogen-bond donors (Lipinski definition) is 2. The van der Waals surface area contributed by atoms with Gasteiger partial charge in [-0.05, 0) is 18.2 Å². The van der Waals surface area contributed by atoms with Gasteiger partial charge in [0.15, 0.2) is 5.58 Å². The summed E-state index contributed by atoms with van der Waals surface area (Å²) in [5, 5.41) is 5.79. The summed E-state index contributed by atoms with van der Waals surface area (Å²) in [6.07, 6.45) is 0.309. The summed E-state index contributed by atoms with van der Waals surface area (Å²) < 4.78 is 5.39.